The summed E-state index contributed by atoms with van der Waals surface area (Å²) in [6.07, 6.45) is 0. The third kappa shape index (κ3) is 11.0. The number of hydrogen-bond donors (Lipinski definition) is 2. The largest absolute Gasteiger partial charge is 0.383 e. The number of nitrogens with zero attached hydrogens (tertiary/aromatic N) is 1. The quantitative estimate of drug-likeness (QED) is 0.685. The molecule has 0 aromatic heterocycles. The molecule has 5 nitrogen and oxygen atoms in total. The van der Waals surface area contributed by atoms with Crippen LogP contribution in [0.2, 0.25) is 0 Å². The normalized spacial score (nSPS) is 13.2. The van der Waals surface area contributed by atoms with Crippen LogP contribution in [-0.2, 0) is 9.53 Å². The van der Waals surface area contributed by atoms with Crippen LogP contribution in [0.25, 0.3) is 0 Å². The smallest absolute Gasteiger partial charge is 0.224 e. The van der Waals surface area contributed by atoms with Crippen molar-refractivity contribution in [3.63, 3.8) is 0 Å². The average molecular weight is 304 g/mol. The molecule has 0 aliphatic rings. The van der Waals surface area contributed by atoms with Gasteiger partial charge in [-0.3, -0.25) is 4.79 Å². The minimum absolute atomic E-state index is 0. The van der Waals surface area contributed by atoms with Crippen molar-refractivity contribution in [3.8, 4) is 0 Å². The van der Waals surface area contributed by atoms with E-state index in [0.29, 0.717) is 13.2 Å². The number of carbonyl (C=O) groups is 1. The molecule has 0 spiro atoms. The van der Waals surface area contributed by atoms with Crippen molar-refractivity contribution in [2.45, 2.75) is 19.9 Å². The summed E-state index contributed by atoms with van der Waals surface area (Å²) >= 11 is 0. The molecule has 7 heteroatoms. The Kier molecular flexibility index (Phi) is 17.1. The maximum absolute atomic E-state index is 11.5. The summed E-state index contributed by atoms with van der Waals surface area (Å²) in [5.74, 6) is -0.112. The average Bonchev–Trinajstić information content (AvgIpc) is 2.24. The Bertz CT molecular complexity index is 207. The molecule has 0 saturated heterocycles. The van der Waals surface area contributed by atoms with Crippen molar-refractivity contribution in [1.29, 1.82) is 0 Å². The van der Waals surface area contributed by atoms with E-state index in [1.165, 1.54) is 0 Å². The van der Waals surface area contributed by atoms with E-state index in [2.05, 4.69) is 10.2 Å². The Balaban J connectivity index is -0.00000112. The lowest BCUT2D eigenvalue weighted by Crippen LogP contribution is -2.41. The first-order valence-electron chi connectivity index (χ1n) is 5.69. The molecule has 0 aliphatic carbocycles. The number of hydrogen-bond acceptors (Lipinski definition) is 4. The second kappa shape index (κ2) is 13.4. The number of methoxy groups -OCH3 is 1. The van der Waals surface area contributed by atoms with Gasteiger partial charge in [0.1, 0.15) is 0 Å². The van der Waals surface area contributed by atoms with Crippen LogP contribution in [0.1, 0.15) is 13.8 Å². The van der Waals surface area contributed by atoms with Crippen LogP contribution in [0.4, 0.5) is 0 Å². The van der Waals surface area contributed by atoms with Crippen LogP contribution in [-0.4, -0.2) is 57.2 Å². The molecule has 3 N–H and O–H groups in total. The lowest BCUT2D eigenvalue weighted by atomic mass is 10.0. The zero-order chi connectivity index (χ0) is 12.6. The lowest BCUT2D eigenvalue weighted by molar-refractivity contribution is -0.124. The summed E-state index contributed by atoms with van der Waals surface area (Å²) in [5.41, 5.74) is 5.65. The number of likely N-dealkylation sites (N-methyl/N-ethyl adjacent to an activating group) is 1. The highest BCUT2D eigenvalue weighted by molar-refractivity contribution is 5.85. The zero-order valence-electron chi connectivity index (χ0n) is 11.6. The Labute approximate surface area is 123 Å². The van der Waals surface area contributed by atoms with Crippen LogP contribution in [0.15, 0.2) is 0 Å². The number of carbonyl (C=O) groups excluding carboxylic acids is 1. The molecule has 2 unspecified atom stereocenters. The van der Waals surface area contributed by atoms with Crippen LogP contribution >= 0.6 is 24.8 Å². The molecular formula is C11H27Cl2N3O2. The van der Waals surface area contributed by atoms with E-state index in [1.807, 2.05) is 20.9 Å². The molecule has 18 heavy (non-hydrogen) atoms. The molecule has 0 radical (unpaired) electrons. The second-order valence-corrected chi connectivity index (χ2v) is 4.23. The van der Waals surface area contributed by atoms with Gasteiger partial charge in [-0.25, -0.2) is 0 Å². The van der Waals surface area contributed by atoms with Gasteiger partial charge in [-0.2, -0.15) is 0 Å². The zero-order valence-corrected chi connectivity index (χ0v) is 13.3. The second-order valence-electron chi connectivity index (χ2n) is 4.23. The van der Waals surface area contributed by atoms with Crippen LogP contribution in [0.3, 0.4) is 0 Å². The van der Waals surface area contributed by atoms with Crippen molar-refractivity contribution in [2.75, 3.05) is 40.4 Å². The molecule has 0 heterocycles. The first-order valence-corrected chi connectivity index (χ1v) is 5.69. The van der Waals surface area contributed by atoms with Crippen molar-refractivity contribution in [1.82, 2.24) is 10.2 Å². The Morgan fingerprint density at radius 1 is 1.33 bits per heavy atom. The molecule has 0 aliphatic heterocycles. The molecular weight excluding hydrogens is 277 g/mol. The van der Waals surface area contributed by atoms with E-state index >= 15 is 0 Å². The molecule has 1 amide bonds. The maximum atomic E-state index is 11.5. The fourth-order valence-corrected chi connectivity index (χ4v) is 1.13. The summed E-state index contributed by atoms with van der Waals surface area (Å²) in [7, 11) is 3.68. The molecule has 0 fully saturated rings. The predicted molar refractivity (Wildman–Crippen MR) is 79.7 cm³/mol. The van der Waals surface area contributed by atoms with E-state index in [4.69, 9.17) is 10.5 Å². The molecule has 0 bridgehead atoms. The highest BCUT2D eigenvalue weighted by Crippen LogP contribution is 1.98. The van der Waals surface area contributed by atoms with E-state index in [0.717, 1.165) is 13.1 Å². The SMILES string of the molecule is COCCN(C)CCNC(=O)C(C)C(C)N.Cl.Cl. The lowest BCUT2D eigenvalue weighted by Gasteiger charge is -2.18. The van der Waals surface area contributed by atoms with Gasteiger partial charge < -0.3 is 20.7 Å². The van der Waals surface area contributed by atoms with E-state index in [1.54, 1.807) is 7.11 Å². The first-order chi connectivity index (χ1) is 7.49. The summed E-state index contributed by atoms with van der Waals surface area (Å²) in [6.45, 7) is 6.73. The summed E-state index contributed by atoms with van der Waals surface area (Å²) in [4.78, 5) is 13.7. The first kappa shape index (κ1) is 23.1. The third-order valence-electron chi connectivity index (χ3n) is 2.67. The monoisotopic (exact) mass is 303 g/mol. The summed E-state index contributed by atoms with van der Waals surface area (Å²) < 4.78 is 4.96. The minimum atomic E-state index is -0.135. The molecule has 0 aromatic carbocycles. The standard InChI is InChI=1S/C11H25N3O2.2ClH/c1-9(10(2)12)11(15)13-5-6-14(3)7-8-16-4;;/h9-10H,5-8,12H2,1-4H3,(H,13,15);2*1H. The molecule has 0 rings (SSSR count). The molecule has 0 aromatic rings. The van der Waals surface area contributed by atoms with Crippen LogP contribution < -0.4 is 11.1 Å². The van der Waals surface area contributed by atoms with E-state index in [-0.39, 0.29) is 42.7 Å². The highest BCUT2D eigenvalue weighted by Gasteiger charge is 2.16. The van der Waals surface area contributed by atoms with Gasteiger partial charge >= 0.3 is 0 Å². The number of nitrogens with two attached hydrogens (primary N) is 1. The van der Waals surface area contributed by atoms with Gasteiger partial charge in [0.2, 0.25) is 5.91 Å². The van der Waals surface area contributed by atoms with Gasteiger partial charge in [-0.05, 0) is 14.0 Å². The van der Waals surface area contributed by atoms with Crippen molar-refractivity contribution in [3.05, 3.63) is 0 Å². The van der Waals surface area contributed by atoms with Crippen LogP contribution in [0.5, 0.6) is 0 Å². The van der Waals surface area contributed by atoms with E-state index in [9.17, 15) is 4.79 Å². The van der Waals surface area contributed by atoms with Crippen LogP contribution in [0, 0.1) is 5.92 Å². The van der Waals surface area contributed by atoms with Gasteiger partial charge in [0.05, 0.1) is 6.61 Å². The van der Waals surface area contributed by atoms with Gasteiger partial charge in [-0.15, -0.1) is 24.8 Å². The van der Waals surface area contributed by atoms with Crippen molar-refractivity contribution < 1.29 is 9.53 Å². The highest BCUT2D eigenvalue weighted by atomic mass is 35.5. The molecule has 2 atom stereocenters. The van der Waals surface area contributed by atoms with Crippen molar-refractivity contribution in [2.24, 2.45) is 11.7 Å². The number of halogens is 2. The molecule has 112 valence electrons. The maximum Gasteiger partial charge on any atom is 0.224 e. The Hall–Kier alpha value is -0.0700. The van der Waals surface area contributed by atoms with Gasteiger partial charge in [0.15, 0.2) is 0 Å². The number of rotatable bonds is 8. The number of amides is 1. The number of nitrogens with one attached hydrogen (secondary N) is 1. The van der Waals surface area contributed by atoms with Gasteiger partial charge in [0, 0.05) is 38.7 Å². The van der Waals surface area contributed by atoms with Gasteiger partial charge in [-0.1, -0.05) is 6.92 Å². The Morgan fingerprint density at radius 3 is 2.33 bits per heavy atom. The number of ether oxygens (including phenoxy) is 1. The van der Waals surface area contributed by atoms with E-state index < -0.39 is 0 Å². The summed E-state index contributed by atoms with van der Waals surface area (Å²) in [6, 6.07) is -0.105. The third-order valence-corrected chi connectivity index (χ3v) is 2.67. The minimum Gasteiger partial charge on any atom is -0.383 e. The summed E-state index contributed by atoms with van der Waals surface area (Å²) in [5, 5.41) is 2.87. The molecule has 0 saturated carbocycles. The predicted octanol–water partition coefficient (Wildman–Crippen LogP) is 0.508. The Morgan fingerprint density at radius 2 is 1.89 bits per heavy atom. The fourth-order valence-electron chi connectivity index (χ4n) is 1.13. The van der Waals surface area contributed by atoms with Gasteiger partial charge in [0.25, 0.3) is 0 Å². The fraction of sp³-hybridized carbons (Fsp3) is 0.909. The topological polar surface area (TPSA) is 67.6 Å². The van der Waals surface area contributed by atoms with Crippen molar-refractivity contribution >= 4 is 30.7 Å².